The number of nitrogens with zero attached hydrogens (tertiary/aromatic N) is 1. The van der Waals surface area contributed by atoms with Crippen molar-refractivity contribution in [1.29, 1.82) is 0 Å². The molecule has 0 aliphatic carbocycles. The van der Waals surface area contributed by atoms with Crippen molar-refractivity contribution in [3.8, 4) is 44.5 Å². The lowest BCUT2D eigenvalue weighted by atomic mass is 9.84. The average molecular weight is 767 g/mol. The molecule has 0 aliphatic rings. The maximum atomic E-state index is 6.75. The van der Waals surface area contributed by atoms with Crippen LogP contribution in [0.5, 0.6) is 0 Å². The van der Waals surface area contributed by atoms with Gasteiger partial charge < -0.3 is 5.73 Å². The lowest BCUT2D eigenvalue weighted by Gasteiger charge is -2.19. The number of hydrogen-bond donors (Lipinski definition) is 1. The van der Waals surface area contributed by atoms with Gasteiger partial charge in [-0.25, -0.2) is 4.99 Å². The van der Waals surface area contributed by atoms with E-state index >= 15 is 0 Å². The molecule has 10 aromatic rings. The molecular formula is C58H42N2. The van der Waals surface area contributed by atoms with Crippen LogP contribution in [0.1, 0.15) is 16.7 Å². The molecule has 2 nitrogen and oxygen atoms in total. The van der Waals surface area contributed by atoms with E-state index in [0.29, 0.717) is 12.3 Å². The Bertz CT molecular complexity index is 3180. The fourth-order valence-electron chi connectivity index (χ4n) is 8.66. The maximum Gasteiger partial charge on any atom is 0.131 e. The van der Waals surface area contributed by atoms with Crippen LogP contribution >= 0.6 is 0 Å². The van der Waals surface area contributed by atoms with Crippen LogP contribution in [-0.4, -0.2) is 5.84 Å². The zero-order valence-electron chi connectivity index (χ0n) is 33.2. The van der Waals surface area contributed by atoms with Gasteiger partial charge in [-0.05, 0) is 94.4 Å². The molecule has 0 heterocycles. The van der Waals surface area contributed by atoms with E-state index in [4.69, 9.17) is 10.7 Å². The molecule has 0 aliphatic heterocycles. The van der Waals surface area contributed by atoms with Crippen LogP contribution in [0.25, 0.3) is 82.5 Å². The van der Waals surface area contributed by atoms with Gasteiger partial charge in [0.05, 0.1) is 5.70 Å². The predicted molar refractivity (Wildman–Crippen MR) is 256 cm³/mol. The number of rotatable bonds is 9. The second-order valence-electron chi connectivity index (χ2n) is 15.2. The third-order valence-corrected chi connectivity index (χ3v) is 11.6. The first-order valence-electron chi connectivity index (χ1n) is 20.6. The molecule has 0 unspecified atom stereocenters. The number of nitrogens with two attached hydrogens (primary N) is 1. The van der Waals surface area contributed by atoms with Gasteiger partial charge in [-0.3, -0.25) is 0 Å². The second-order valence-corrected chi connectivity index (χ2v) is 15.2. The molecular weight excluding hydrogens is 725 g/mol. The minimum Gasteiger partial charge on any atom is -0.383 e. The van der Waals surface area contributed by atoms with Gasteiger partial charge in [-0.15, -0.1) is 0 Å². The van der Waals surface area contributed by atoms with E-state index in [9.17, 15) is 0 Å². The average Bonchev–Trinajstić information content (AvgIpc) is 3.33. The number of hydrogen-bond acceptors (Lipinski definition) is 1. The van der Waals surface area contributed by atoms with Gasteiger partial charge in [-0.1, -0.05) is 231 Å². The normalized spacial score (nSPS) is 12.0. The summed E-state index contributed by atoms with van der Waals surface area (Å²) < 4.78 is 0. The Morgan fingerprint density at radius 3 is 1.62 bits per heavy atom. The van der Waals surface area contributed by atoms with E-state index in [2.05, 4.69) is 200 Å². The summed E-state index contributed by atoms with van der Waals surface area (Å²) in [6.45, 7) is 0. The van der Waals surface area contributed by atoms with Gasteiger partial charge in [0.2, 0.25) is 0 Å². The standard InChI is InChI=1S/C58H42N2/c59-58(48-22-8-3-9-23-48)60-54(39-37-42-18-10-12-24-49(42)44-30-28-41(29-31-44)40-16-4-1-5-17-40)45-32-34-47(35-33-45)56-52-27-15-14-26-51(52)55(46-20-6-2-7-21-46)53-38-36-43-19-11-13-25-50(43)57(53)56/h1-36,38-39H,37H2,(H2,59,60)/b54-39-. The van der Waals surface area contributed by atoms with E-state index < -0.39 is 0 Å². The SMILES string of the molecule is NC(=N/C(=C\Cc1ccccc1-c1ccc(-c2ccccc2)cc1)c1ccc(-c2c3ccccc3c(-c3ccccc3)c3ccc4ccccc4c23)cc1)c1ccccc1. The van der Waals surface area contributed by atoms with Crippen LogP contribution in [0.15, 0.2) is 236 Å². The largest absolute Gasteiger partial charge is 0.383 e. The van der Waals surface area contributed by atoms with E-state index in [1.165, 1.54) is 76.8 Å². The van der Waals surface area contributed by atoms with Crippen molar-refractivity contribution in [3.05, 3.63) is 247 Å². The van der Waals surface area contributed by atoms with Gasteiger partial charge in [0.25, 0.3) is 0 Å². The highest BCUT2D eigenvalue weighted by Gasteiger charge is 2.19. The van der Waals surface area contributed by atoms with Gasteiger partial charge in [-0.2, -0.15) is 0 Å². The first kappa shape index (κ1) is 36.5. The molecule has 60 heavy (non-hydrogen) atoms. The van der Waals surface area contributed by atoms with Crippen LogP contribution in [0.3, 0.4) is 0 Å². The number of fused-ring (bicyclic) bond motifs is 4. The number of allylic oxidation sites excluding steroid dienone is 1. The molecule has 2 N–H and O–H groups in total. The topological polar surface area (TPSA) is 38.4 Å². The maximum absolute atomic E-state index is 6.75. The summed E-state index contributed by atoms with van der Waals surface area (Å²) in [7, 11) is 0. The summed E-state index contributed by atoms with van der Waals surface area (Å²) in [5.74, 6) is 0.482. The van der Waals surface area contributed by atoms with Gasteiger partial charge in [0, 0.05) is 5.56 Å². The molecule has 0 spiro atoms. The minimum atomic E-state index is 0.482. The number of amidine groups is 1. The highest BCUT2D eigenvalue weighted by atomic mass is 14.9. The third-order valence-electron chi connectivity index (χ3n) is 11.6. The Morgan fingerprint density at radius 1 is 0.383 bits per heavy atom. The predicted octanol–water partition coefficient (Wildman–Crippen LogP) is 14.8. The van der Waals surface area contributed by atoms with Crippen LogP contribution in [0.2, 0.25) is 0 Å². The molecule has 0 saturated heterocycles. The van der Waals surface area contributed by atoms with Crippen LogP contribution in [-0.2, 0) is 6.42 Å². The summed E-state index contributed by atoms with van der Waals surface area (Å²) in [6, 6.07) is 79.9. The number of aliphatic imine (C=N–C) groups is 1. The molecule has 0 radical (unpaired) electrons. The number of benzene rings is 10. The van der Waals surface area contributed by atoms with Crippen LogP contribution in [0, 0.1) is 0 Å². The molecule has 10 aromatic carbocycles. The summed E-state index contributed by atoms with van der Waals surface area (Å²) >= 11 is 0. The third kappa shape index (κ3) is 7.06. The lowest BCUT2D eigenvalue weighted by Crippen LogP contribution is -2.13. The first-order chi connectivity index (χ1) is 29.7. The first-order valence-corrected chi connectivity index (χ1v) is 20.6. The Hall–Kier alpha value is -7.81. The van der Waals surface area contributed by atoms with Crippen LogP contribution < -0.4 is 5.73 Å². The van der Waals surface area contributed by atoms with Crippen molar-refractivity contribution >= 4 is 43.9 Å². The van der Waals surface area contributed by atoms with Gasteiger partial charge >= 0.3 is 0 Å². The fourth-order valence-corrected chi connectivity index (χ4v) is 8.66. The van der Waals surface area contributed by atoms with E-state index in [0.717, 1.165) is 22.4 Å². The van der Waals surface area contributed by atoms with Crippen molar-refractivity contribution < 1.29 is 0 Å². The zero-order chi connectivity index (χ0) is 40.3. The summed E-state index contributed by atoms with van der Waals surface area (Å²) in [6.07, 6.45) is 2.90. The monoisotopic (exact) mass is 766 g/mol. The van der Waals surface area contributed by atoms with Gasteiger partial charge in [0.15, 0.2) is 0 Å². The molecule has 284 valence electrons. The van der Waals surface area contributed by atoms with Crippen LogP contribution in [0.4, 0.5) is 0 Å². The second kappa shape index (κ2) is 16.2. The molecule has 10 rings (SSSR count). The van der Waals surface area contributed by atoms with E-state index in [-0.39, 0.29) is 0 Å². The molecule has 0 bridgehead atoms. The Morgan fingerprint density at radius 2 is 0.900 bits per heavy atom. The van der Waals surface area contributed by atoms with Crippen molar-refractivity contribution in [2.24, 2.45) is 10.7 Å². The Labute approximate surface area is 351 Å². The highest BCUT2D eigenvalue weighted by molar-refractivity contribution is 6.27. The Balaban J connectivity index is 1.09. The molecule has 2 heteroatoms. The summed E-state index contributed by atoms with van der Waals surface area (Å²) in [4.78, 5) is 5.12. The van der Waals surface area contributed by atoms with E-state index in [1.807, 2.05) is 30.3 Å². The Kier molecular flexibility index (Phi) is 9.87. The smallest absolute Gasteiger partial charge is 0.131 e. The quantitative estimate of drug-likeness (QED) is 0.0676. The zero-order valence-corrected chi connectivity index (χ0v) is 33.2. The van der Waals surface area contributed by atoms with Gasteiger partial charge in [0.1, 0.15) is 5.84 Å². The highest BCUT2D eigenvalue weighted by Crippen LogP contribution is 2.46. The molecule has 0 aromatic heterocycles. The molecule has 0 saturated carbocycles. The van der Waals surface area contributed by atoms with Crippen molar-refractivity contribution in [2.75, 3.05) is 0 Å². The molecule has 0 fully saturated rings. The lowest BCUT2D eigenvalue weighted by molar-refractivity contribution is 1.26. The molecule has 0 atom stereocenters. The fraction of sp³-hybridized carbons (Fsp3) is 0.0172. The summed E-state index contributed by atoms with van der Waals surface area (Å²) in [5, 5.41) is 7.43. The van der Waals surface area contributed by atoms with E-state index in [1.54, 1.807) is 0 Å². The minimum absolute atomic E-state index is 0.482. The van der Waals surface area contributed by atoms with Crippen molar-refractivity contribution in [1.82, 2.24) is 0 Å². The van der Waals surface area contributed by atoms with Crippen molar-refractivity contribution in [2.45, 2.75) is 6.42 Å². The summed E-state index contributed by atoms with van der Waals surface area (Å²) in [5.41, 5.74) is 20.4. The molecule has 0 amide bonds. The van der Waals surface area contributed by atoms with Crippen molar-refractivity contribution in [3.63, 3.8) is 0 Å².